The molecule has 1 saturated carbocycles. The maximum Gasteiger partial charge on any atom is 0.326 e. The van der Waals surface area contributed by atoms with Gasteiger partial charge in [0, 0.05) is 19.1 Å². The maximum atomic E-state index is 11.8. The number of nitrogens with zero attached hydrogens (tertiary/aromatic N) is 1. The number of urea groups is 1. The number of carbonyl (C=O) groups is 2. The quantitative estimate of drug-likeness (QED) is 0.696. The molecule has 0 heterocycles. The van der Waals surface area contributed by atoms with E-state index < -0.39 is 23.5 Å². The number of carbonyl (C=O) groups excluding carboxylic acids is 1. The summed E-state index contributed by atoms with van der Waals surface area (Å²) in [4.78, 5) is 25.3. The molecule has 0 bridgehead atoms. The third-order valence-electron chi connectivity index (χ3n) is 4.09. The van der Waals surface area contributed by atoms with Gasteiger partial charge in [0.15, 0.2) is 0 Å². The van der Waals surface area contributed by atoms with Crippen LogP contribution >= 0.6 is 0 Å². The number of carboxylic acids is 1. The predicted octanol–water partition coefficient (Wildman–Crippen LogP) is 1.66. The molecule has 21 heavy (non-hydrogen) atoms. The summed E-state index contributed by atoms with van der Waals surface area (Å²) in [6, 6.07) is -0.696. The van der Waals surface area contributed by atoms with Crippen LogP contribution in [0.4, 0.5) is 4.79 Å². The van der Waals surface area contributed by atoms with Crippen LogP contribution in [0, 0.1) is 5.41 Å². The van der Waals surface area contributed by atoms with Gasteiger partial charge in [0.05, 0.1) is 0 Å². The molecule has 122 valence electrons. The number of hydrogen-bond donors (Lipinski definition) is 3. The minimum atomic E-state index is -1.01. The number of hydrogen-bond acceptors (Lipinski definition) is 3. The summed E-state index contributed by atoms with van der Waals surface area (Å²) in [6.45, 7) is 6.68. The summed E-state index contributed by atoms with van der Waals surface area (Å²) in [5.74, 6) is -1.01. The Balaban J connectivity index is 2.31. The molecule has 1 atom stereocenters. The molecule has 1 aliphatic rings. The molecule has 0 aromatic carbocycles. The zero-order valence-corrected chi connectivity index (χ0v) is 13.6. The van der Waals surface area contributed by atoms with Gasteiger partial charge in [-0.3, -0.25) is 0 Å². The topological polar surface area (TPSA) is 81.7 Å². The first-order chi connectivity index (χ1) is 9.71. The number of amides is 2. The molecule has 6 heteroatoms. The minimum absolute atomic E-state index is 0.419. The first-order valence-electron chi connectivity index (χ1n) is 7.69. The highest BCUT2D eigenvalue weighted by Crippen LogP contribution is 2.22. The third-order valence-corrected chi connectivity index (χ3v) is 4.09. The van der Waals surface area contributed by atoms with E-state index in [4.69, 9.17) is 5.11 Å². The largest absolute Gasteiger partial charge is 0.480 e. The van der Waals surface area contributed by atoms with Gasteiger partial charge in [0.2, 0.25) is 0 Å². The van der Waals surface area contributed by atoms with Gasteiger partial charge in [-0.05, 0) is 25.3 Å². The van der Waals surface area contributed by atoms with Crippen molar-refractivity contribution in [3.8, 4) is 0 Å². The van der Waals surface area contributed by atoms with Crippen molar-refractivity contribution in [2.75, 3.05) is 20.1 Å². The van der Waals surface area contributed by atoms with Gasteiger partial charge in [-0.15, -0.1) is 0 Å². The van der Waals surface area contributed by atoms with Crippen LogP contribution in [0.2, 0.25) is 0 Å². The summed E-state index contributed by atoms with van der Waals surface area (Å²) < 4.78 is 0. The van der Waals surface area contributed by atoms with E-state index in [1.807, 2.05) is 0 Å². The Hall–Kier alpha value is -1.30. The molecule has 0 aromatic heterocycles. The number of carboxylic acid groups (broad SMARTS) is 1. The van der Waals surface area contributed by atoms with Gasteiger partial charge < -0.3 is 20.6 Å². The van der Waals surface area contributed by atoms with Crippen molar-refractivity contribution in [2.24, 2.45) is 5.41 Å². The molecule has 2 amide bonds. The van der Waals surface area contributed by atoms with Crippen molar-refractivity contribution >= 4 is 12.0 Å². The molecule has 3 N–H and O–H groups in total. The van der Waals surface area contributed by atoms with Crippen molar-refractivity contribution in [1.82, 2.24) is 15.5 Å². The van der Waals surface area contributed by atoms with E-state index >= 15 is 0 Å². The van der Waals surface area contributed by atoms with Crippen LogP contribution in [0.15, 0.2) is 0 Å². The van der Waals surface area contributed by atoms with Gasteiger partial charge in [-0.1, -0.05) is 33.6 Å². The van der Waals surface area contributed by atoms with Gasteiger partial charge in [-0.25, -0.2) is 9.59 Å². The van der Waals surface area contributed by atoms with E-state index in [2.05, 4.69) is 22.6 Å². The molecule has 0 aromatic rings. The van der Waals surface area contributed by atoms with Gasteiger partial charge in [0.1, 0.15) is 6.04 Å². The molecule has 0 radical (unpaired) electrons. The molecule has 0 saturated heterocycles. The average molecular weight is 299 g/mol. The molecule has 0 spiro atoms. The number of likely N-dealkylation sites (N-methyl/N-ethyl adjacent to an activating group) is 1. The van der Waals surface area contributed by atoms with E-state index in [0.29, 0.717) is 12.6 Å². The van der Waals surface area contributed by atoms with Crippen LogP contribution in [0.25, 0.3) is 0 Å². The minimum Gasteiger partial charge on any atom is -0.480 e. The Kier molecular flexibility index (Phi) is 6.45. The fourth-order valence-corrected chi connectivity index (χ4v) is 2.70. The van der Waals surface area contributed by atoms with E-state index in [9.17, 15) is 9.59 Å². The molecule has 0 aliphatic heterocycles. The normalized spacial score (nSPS) is 17.8. The van der Waals surface area contributed by atoms with Crippen molar-refractivity contribution in [1.29, 1.82) is 0 Å². The zero-order chi connectivity index (χ0) is 16.0. The molecule has 1 rings (SSSR count). The fraction of sp³-hybridized carbons (Fsp3) is 0.867. The summed E-state index contributed by atoms with van der Waals surface area (Å²) >= 11 is 0. The summed E-state index contributed by atoms with van der Waals surface area (Å²) in [5, 5.41) is 14.4. The summed E-state index contributed by atoms with van der Waals surface area (Å²) in [5.41, 5.74) is -0.524. The highest BCUT2D eigenvalue weighted by atomic mass is 16.4. The molecule has 1 aliphatic carbocycles. The van der Waals surface area contributed by atoms with E-state index in [1.165, 1.54) is 25.7 Å². The SMILES string of the molecule is CN(CCNC(=O)N[C@@H](C(=O)O)C(C)(C)C)C1CCCC1. The lowest BCUT2D eigenvalue weighted by molar-refractivity contribution is -0.141. The van der Waals surface area contributed by atoms with Gasteiger partial charge in [0.25, 0.3) is 0 Å². The number of aliphatic carboxylic acids is 1. The lowest BCUT2D eigenvalue weighted by atomic mass is 9.87. The Morgan fingerprint density at radius 3 is 2.33 bits per heavy atom. The van der Waals surface area contributed by atoms with Crippen molar-refractivity contribution in [3.63, 3.8) is 0 Å². The van der Waals surface area contributed by atoms with E-state index in [1.54, 1.807) is 20.8 Å². The van der Waals surface area contributed by atoms with E-state index in [-0.39, 0.29) is 0 Å². The Morgan fingerprint density at radius 1 is 1.29 bits per heavy atom. The molecular formula is C15H29N3O3. The Bertz CT molecular complexity index is 360. The second-order valence-electron chi connectivity index (χ2n) is 6.96. The summed E-state index contributed by atoms with van der Waals surface area (Å²) in [7, 11) is 2.07. The first-order valence-corrected chi connectivity index (χ1v) is 7.69. The molecule has 1 fully saturated rings. The van der Waals surface area contributed by atoms with Crippen molar-refractivity contribution in [3.05, 3.63) is 0 Å². The van der Waals surface area contributed by atoms with Crippen molar-refractivity contribution in [2.45, 2.75) is 58.5 Å². The molecule has 6 nitrogen and oxygen atoms in total. The second kappa shape index (κ2) is 7.64. The van der Waals surface area contributed by atoms with Crippen LogP contribution in [-0.2, 0) is 4.79 Å². The Morgan fingerprint density at radius 2 is 1.86 bits per heavy atom. The second-order valence-corrected chi connectivity index (χ2v) is 6.96. The predicted molar refractivity (Wildman–Crippen MR) is 82.3 cm³/mol. The molecular weight excluding hydrogens is 270 g/mol. The first kappa shape index (κ1) is 17.8. The van der Waals surface area contributed by atoms with E-state index in [0.717, 1.165) is 6.54 Å². The Labute approximate surface area is 127 Å². The lowest BCUT2D eigenvalue weighted by Crippen LogP contribution is -2.53. The van der Waals surface area contributed by atoms with Crippen LogP contribution in [0.1, 0.15) is 46.5 Å². The fourth-order valence-electron chi connectivity index (χ4n) is 2.70. The van der Waals surface area contributed by atoms with Crippen molar-refractivity contribution < 1.29 is 14.7 Å². The highest BCUT2D eigenvalue weighted by molar-refractivity contribution is 5.83. The van der Waals surface area contributed by atoms with Crippen LogP contribution in [-0.4, -0.2) is 54.2 Å². The standard InChI is InChI=1S/C15H29N3O3/c1-15(2,3)12(13(19)20)17-14(21)16-9-10-18(4)11-7-5-6-8-11/h11-12H,5-10H2,1-4H3,(H,19,20)(H2,16,17,21)/t12-/m0/s1. The van der Waals surface area contributed by atoms with Gasteiger partial charge >= 0.3 is 12.0 Å². The van der Waals surface area contributed by atoms with Crippen LogP contribution < -0.4 is 10.6 Å². The maximum absolute atomic E-state index is 11.8. The monoisotopic (exact) mass is 299 g/mol. The summed E-state index contributed by atoms with van der Waals surface area (Å²) in [6.07, 6.45) is 5.03. The van der Waals surface area contributed by atoms with Crippen LogP contribution in [0.3, 0.4) is 0 Å². The third kappa shape index (κ3) is 5.91. The van der Waals surface area contributed by atoms with Gasteiger partial charge in [-0.2, -0.15) is 0 Å². The molecule has 0 unspecified atom stereocenters. The number of rotatable bonds is 6. The number of nitrogens with one attached hydrogen (secondary N) is 2. The van der Waals surface area contributed by atoms with Crippen LogP contribution in [0.5, 0.6) is 0 Å². The average Bonchev–Trinajstić information content (AvgIpc) is 2.87. The highest BCUT2D eigenvalue weighted by Gasteiger charge is 2.32. The zero-order valence-electron chi connectivity index (χ0n) is 13.6. The smallest absolute Gasteiger partial charge is 0.326 e. The lowest BCUT2D eigenvalue weighted by Gasteiger charge is -2.28.